The van der Waals surface area contributed by atoms with Crippen LogP contribution >= 0.6 is 0 Å². The van der Waals surface area contributed by atoms with Crippen molar-refractivity contribution in [3.63, 3.8) is 0 Å². The summed E-state index contributed by atoms with van der Waals surface area (Å²) in [5.74, 6) is 0.218. The van der Waals surface area contributed by atoms with Gasteiger partial charge in [-0.2, -0.15) is 0 Å². The zero-order chi connectivity index (χ0) is 17.4. The summed E-state index contributed by atoms with van der Waals surface area (Å²) < 4.78 is 10.0. The van der Waals surface area contributed by atoms with Crippen LogP contribution in [0, 0.1) is 0 Å². The van der Waals surface area contributed by atoms with Crippen LogP contribution in [-0.2, 0) is 9.53 Å². The third kappa shape index (κ3) is 5.70. The largest absolute Gasteiger partial charge is 0.466 e. The number of hydrogen-bond acceptors (Lipinski definition) is 5. The smallest absolute Gasteiger partial charge is 0.415 e. The van der Waals surface area contributed by atoms with Crippen molar-refractivity contribution < 1.29 is 19.1 Å². The number of carbonyl (C=O) groups excluding carboxylic acids is 2. The Hall–Kier alpha value is -2.34. The van der Waals surface area contributed by atoms with Crippen molar-refractivity contribution in [1.29, 1.82) is 0 Å². The fourth-order valence-electron chi connectivity index (χ4n) is 2.62. The predicted molar refractivity (Wildman–Crippen MR) is 90.9 cm³/mol. The second-order valence-corrected chi connectivity index (χ2v) is 5.81. The fraction of sp³-hybridized carbons (Fsp3) is 0.444. The van der Waals surface area contributed by atoms with Gasteiger partial charge in [0, 0.05) is 38.8 Å². The first-order valence-electron chi connectivity index (χ1n) is 8.08. The Bertz CT molecular complexity index is 586. The lowest BCUT2D eigenvalue weighted by Gasteiger charge is -2.21. The Balaban J connectivity index is 1.85. The van der Waals surface area contributed by atoms with Crippen molar-refractivity contribution in [2.24, 2.45) is 0 Å². The molecular weight excluding hydrogens is 308 g/mol. The zero-order valence-corrected chi connectivity index (χ0v) is 14.2. The van der Waals surface area contributed by atoms with Crippen LogP contribution in [0.3, 0.4) is 0 Å². The third-order valence-corrected chi connectivity index (χ3v) is 3.83. The number of rotatable bonds is 4. The first-order chi connectivity index (χ1) is 11.6. The monoisotopic (exact) mass is 332 g/mol. The summed E-state index contributed by atoms with van der Waals surface area (Å²) >= 11 is 0. The zero-order valence-electron chi connectivity index (χ0n) is 14.2. The maximum atomic E-state index is 12.2. The lowest BCUT2D eigenvalue weighted by Crippen LogP contribution is -2.37. The molecular formula is C18H24N2O4. The number of amides is 1. The van der Waals surface area contributed by atoms with Crippen LogP contribution in [0.15, 0.2) is 42.0 Å². The van der Waals surface area contributed by atoms with Gasteiger partial charge < -0.3 is 14.4 Å². The van der Waals surface area contributed by atoms with Gasteiger partial charge >= 0.3 is 12.1 Å². The molecule has 1 fully saturated rings. The highest BCUT2D eigenvalue weighted by Gasteiger charge is 2.20. The lowest BCUT2D eigenvalue weighted by atomic mass is 10.2. The van der Waals surface area contributed by atoms with Gasteiger partial charge in [0.15, 0.2) is 0 Å². The molecule has 0 unspecified atom stereocenters. The van der Waals surface area contributed by atoms with E-state index in [0.717, 1.165) is 25.1 Å². The molecule has 0 aliphatic carbocycles. The second-order valence-electron chi connectivity index (χ2n) is 5.81. The molecule has 1 aliphatic rings. The minimum absolute atomic E-state index is 0.315. The molecule has 1 saturated heterocycles. The standard InChI is InChI=1S/C18H24N2O4/c1-15(13-17(21)23-2)14-19-9-6-10-20(12-11-19)18(22)24-16-7-4-3-5-8-16/h3-5,7-8,13H,6,9-12,14H2,1-2H3/b15-13+. The number of benzene rings is 1. The van der Waals surface area contributed by atoms with E-state index in [4.69, 9.17) is 4.74 Å². The molecule has 130 valence electrons. The Kier molecular flexibility index (Phi) is 6.81. The highest BCUT2D eigenvalue weighted by atomic mass is 16.6. The summed E-state index contributed by atoms with van der Waals surface area (Å²) in [6, 6.07) is 9.09. The number of nitrogens with zero attached hydrogens (tertiary/aromatic N) is 2. The molecule has 0 atom stereocenters. The Morgan fingerprint density at radius 1 is 1.12 bits per heavy atom. The van der Waals surface area contributed by atoms with Gasteiger partial charge in [-0.3, -0.25) is 4.90 Å². The summed E-state index contributed by atoms with van der Waals surface area (Å²) in [6.45, 7) is 5.50. The molecule has 1 aromatic rings. The van der Waals surface area contributed by atoms with Gasteiger partial charge in [-0.15, -0.1) is 0 Å². The number of ether oxygens (including phenoxy) is 2. The van der Waals surface area contributed by atoms with Crippen LogP contribution in [0.25, 0.3) is 0 Å². The molecule has 1 heterocycles. The van der Waals surface area contributed by atoms with Crippen LogP contribution < -0.4 is 4.74 Å². The second kappa shape index (κ2) is 9.08. The number of methoxy groups -OCH3 is 1. The van der Waals surface area contributed by atoms with E-state index in [-0.39, 0.29) is 12.1 Å². The Labute approximate surface area is 142 Å². The van der Waals surface area contributed by atoms with E-state index >= 15 is 0 Å². The van der Waals surface area contributed by atoms with Crippen molar-refractivity contribution in [3.05, 3.63) is 42.0 Å². The molecule has 1 amide bonds. The average molecular weight is 332 g/mol. The van der Waals surface area contributed by atoms with E-state index in [2.05, 4.69) is 9.64 Å². The Morgan fingerprint density at radius 3 is 2.58 bits per heavy atom. The maximum Gasteiger partial charge on any atom is 0.415 e. The summed E-state index contributed by atoms with van der Waals surface area (Å²) in [7, 11) is 1.37. The normalized spacial score (nSPS) is 16.4. The summed E-state index contributed by atoms with van der Waals surface area (Å²) in [5, 5.41) is 0. The molecule has 1 aromatic carbocycles. The van der Waals surface area contributed by atoms with Crippen LogP contribution in [0.5, 0.6) is 5.75 Å². The molecule has 0 aromatic heterocycles. The van der Waals surface area contributed by atoms with Crippen LogP contribution in [0.4, 0.5) is 4.79 Å². The Morgan fingerprint density at radius 2 is 1.88 bits per heavy atom. The summed E-state index contributed by atoms with van der Waals surface area (Å²) in [5.41, 5.74) is 0.946. The highest BCUT2D eigenvalue weighted by molar-refractivity contribution is 5.82. The first kappa shape index (κ1) is 18.0. The average Bonchev–Trinajstić information content (AvgIpc) is 2.81. The summed E-state index contributed by atoms with van der Waals surface area (Å²) in [4.78, 5) is 27.5. The molecule has 0 spiro atoms. The van der Waals surface area contributed by atoms with Gasteiger partial charge in [0.05, 0.1) is 7.11 Å². The van der Waals surface area contributed by atoms with E-state index in [1.807, 2.05) is 25.1 Å². The molecule has 6 nitrogen and oxygen atoms in total. The SMILES string of the molecule is COC(=O)/C=C(\C)CN1CCCN(C(=O)Oc2ccccc2)CC1. The first-order valence-corrected chi connectivity index (χ1v) is 8.08. The van der Waals surface area contributed by atoms with Crippen molar-refractivity contribution >= 4 is 12.1 Å². The van der Waals surface area contributed by atoms with Gasteiger partial charge in [-0.05, 0) is 25.5 Å². The van der Waals surface area contributed by atoms with Gasteiger partial charge in [0.1, 0.15) is 5.75 Å². The minimum atomic E-state index is -0.338. The van der Waals surface area contributed by atoms with E-state index in [9.17, 15) is 9.59 Å². The quantitative estimate of drug-likeness (QED) is 0.625. The number of hydrogen-bond donors (Lipinski definition) is 0. The van der Waals surface area contributed by atoms with E-state index in [1.165, 1.54) is 13.2 Å². The molecule has 0 saturated carbocycles. The molecule has 6 heteroatoms. The molecule has 0 bridgehead atoms. The van der Waals surface area contributed by atoms with Crippen LogP contribution in [-0.4, -0.2) is 61.7 Å². The third-order valence-electron chi connectivity index (χ3n) is 3.83. The number of esters is 1. The number of carbonyl (C=O) groups is 2. The van der Waals surface area contributed by atoms with Crippen molar-refractivity contribution in [1.82, 2.24) is 9.80 Å². The maximum absolute atomic E-state index is 12.2. The molecule has 0 N–H and O–H groups in total. The van der Waals surface area contributed by atoms with Crippen LogP contribution in [0.1, 0.15) is 13.3 Å². The molecule has 2 rings (SSSR count). The molecule has 1 aliphatic heterocycles. The highest BCUT2D eigenvalue weighted by Crippen LogP contribution is 2.12. The predicted octanol–water partition coefficient (Wildman–Crippen LogP) is 2.31. The van der Waals surface area contributed by atoms with Gasteiger partial charge in [0.2, 0.25) is 0 Å². The molecule has 0 radical (unpaired) electrons. The molecule has 24 heavy (non-hydrogen) atoms. The number of para-hydroxylation sites is 1. The fourth-order valence-corrected chi connectivity index (χ4v) is 2.62. The van der Waals surface area contributed by atoms with Crippen molar-refractivity contribution in [2.45, 2.75) is 13.3 Å². The van der Waals surface area contributed by atoms with Gasteiger partial charge in [0.25, 0.3) is 0 Å². The van der Waals surface area contributed by atoms with Gasteiger partial charge in [-0.25, -0.2) is 9.59 Å². The van der Waals surface area contributed by atoms with E-state index < -0.39 is 0 Å². The van der Waals surface area contributed by atoms with Crippen molar-refractivity contribution in [3.8, 4) is 5.75 Å². The van der Waals surface area contributed by atoms with Crippen LogP contribution in [0.2, 0.25) is 0 Å². The van der Waals surface area contributed by atoms with Gasteiger partial charge in [-0.1, -0.05) is 23.8 Å². The minimum Gasteiger partial charge on any atom is -0.466 e. The van der Waals surface area contributed by atoms with E-state index in [0.29, 0.717) is 25.4 Å². The summed E-state index contributed by atoms with van der Waals surface area (Å²) in [6.07, 6.45) is 2.06. The van der Waals surface area contributed by atoms with E-state index in [1.54, 1.807) is 17.0 Å². The van der Waals surface area contributed by atoms with Crippen molar-refractivity contribution in [2.75, 3.05) is 39.8 Å². The topological polar surface area (TPSA) is 59.1 Å². The lowest BCUT2D eigenvalue weighted by molar-refractivity contribution is -0.134.